The summed E-state index contributed by atoms with van der Waals surface area (Å²) in [5.74, 6) is -0.0164. The van der Waals surface area contributed by atoms with Crippen molar-refractivity contribution in [2.24, 2.45) is 0 Å². The molecule has 1 N–H and O–H groups in total. The van der Waals surface area contributed by atoms with Crippen LogP contribution < -0.4 is 14.8 Å². The first-order chi connectivity index (χ1) is 11.3. The van der Waals surface area contributed by atoms with Crippen molar-refractivity contribution in [3.63, 3.8) is 0 Å². The van der Waals surface area contributed by atoms with E-state index in [9.17, 15) is 13.2 Å². The molecule has 1 aromatic carbocycles. The van der Waals surface area contributed by atoms with Gasteiger partial charge < -0.3 is 14.8 Å². The second-order valence-corrected chi connectivity index (χ2v) is 7.20. The molecule has 9 heteroatoms. The monoisotopic (exact) mass is 370 g/mol. The Hall–Kier alpha value is -2.32. The lowest BCUT2D eigenvalue weighted by molar-refractivity contribution is 0.102. The van der Waals surface area contributed by atoms with Crippen LogP contribution in [0, 0.1) is 0 Å². The highest BCUT2D eigenvalue weighted by Crippen LogP contribution is 2.27. The van der Waals surface area contributed by atoms with Crippen molar-refractivity contribution in [3.8, 4) is 11.8 Å². The topological polar surface area (TPSA) is 94.6 Å². The van der Waals surface area contributed by atoms with Crippen LogP contribution in [0.5, 0.6) is 11.8 Å². The van der Waals surface area contributed by atoms with Gasteiger partial charge in [-0.05, 0) is 24.3 Å². The second kappa shape index (κ2) is 7.06. The van der Waals surface area contributed by atoms with Crippen LogP contribution in [0.2, 0.25) is 5.02 Å². The van der Waals surface area contributed by atoms with Gasteiger partial charge in [-0.25, -0.2) is 8.42 Å². The molecule has 0 saturated carbocycles. The minimum atomic E-state index is -3.41. The third-order valence-corrected chi connectivity index (χ3v) is 4.52. The van der Waals surface area contributed by atoms with Gasteiger partial charge in [0.1, 0.15) is 5.69 Å². The Morgan fingerprint density at radius 2 is 1.88 bits per heavy atom. The van der Waals surface area contributed by atoms with E-state index in [4.69, 9.17) is 21.1 Å². The van der Waals surface area contributed by atoms with Gasteiger partial charge in [-0.1, -0.05) is 11.6 Å². The maximum Gasteiger partial charge on any atom is 0.257 e. The molecular weight excluding hydrogens is 356 g/mol. The number of halogens is 1. The standard InChI is InChI=1S/C15H15ClN2O5S/c1-22-13-7-6-12(15(18-13)23-2)17-14(19)10-5-4-9(8-11(10)16)24(3,20)21/h4-8H,1-3H3,(H,17,19). The number of hydrogen-bond donors (Lipinski definition) is 1. The van der Waals surface area contributed by atoms with Crippen molar-refractivity contribution < 1.29 is 22.7 Å². The van der Waals surface area contributed by atoms with Crippen LogP contribution in [0.1, 0.15) is 10.4 Å². The van der Waals surface area contributed by atoms with Gasteiger partial charge >= 0.3 is 0 Å². The van der Waals surface area contributed by atoms with Gasteiger partial charge in [0.2, 0.25) is 11.8 Å². The summed E-state index contributed by atoms with van der Waals surface area (Å²) in [6.45, 7) is 0. The molecule has 0 aliphatic rings. The lowest BCUT2D eigenvalue weighted by atomic mass is 10.2. The highest BCUT2D eigenvalue weighted by molar-refractivity contribution is 7.90. The number of sulfone groups is 1. The van der Waals surface area contributed by atoms with Gasteiger partial charge in [0.15, 0.2) is 9.84 Å². The summed E-state index contributed by atoms with van der Waals surface area (Å²) in [6, 6.07) is 7.03. The Labute approximate surface area is 144 Å². The SMILES string of the molecule is COc1ccc(NC(=O)c2ccc(S(C)(=O)=O)cc2Cl)c(OC)n1. The average Bonchev–Trinajstić information content (AvgIpc) is 2.54. The first-order valence-corrected chi connectivity index (χ1v) is 8.93. The fourth-order valence-electron chi connectivity index (χ4n) is 1.89. The smallest absolute Gasteiger partial charge is 0.257 e. The largest absolute Gasteiger partial charge is 0.481 e. The highest BCUT2D eigenvalue weighted by Gasteiger charge is 2.17. The first-order valence-electron chi connectivity index (χ1n) is 6.66. The number of carbonyl (C=O) groups is 1. The molecule has 7 nitrogen and oxygen atoms in total. The number of nitrogens with one attached hydrogen (secondary N) is 1. The van der Waals surface area contributed by atoms with E-state index in [1.54, 1.807) is 12.1 Å². The average molecular weight is 371 g/mol. The summed E-state index contributed by atoms with van der Waals surface area (Å²) >= 11 is 6.03. The number of aromatic nitrogens is 1. The number of anilines is 1. The summed E-state index contributed by atoms with van der Waals surface area (Å²) in [4.78, 5) is 16.4. The third-order valence-electron chi connectivity index (χ3n) is 3.10. The number of hydrogen-bond acceptors (Lipinski definition) is 6. The van der Waals surface area contributed by atoms with Crippen LogP contribution in [0.15, 0.2) is 35.2 Å². The van der Waals surface area contributed by atoms with Gasteiger partial charge in [-0.3, -0.25) is 4.79 Å². The zero-order chi connectivity index (χ0) is 17.9. The van der Waals surface area contributed by atoms with E-state index < -0.39 is 15.7 Å². The number of rotatable bonds is 5. The molecule has 0 bridgehead atoms. The van der Waals surface area contributed by atoms with Crippen molar-refractivity contribution in [1.29, 1.82) is 0 Å². The van der Waals surface area contributed by atoms with Crippen molar-refractivity contribution in [2.45, 2.75) is 4.90 Å². The predicted octanol–water partition coefficient (Wildman–Crippen LogP) is 2.41. The number of carbonyl (C=O) groups excluding carboxylic acids is 1. The van der Waals surface area contributed by atoms with Gasteiger partial charge in [-0.2, -0.15) is 4.98 Å². The molecule has 0 unspecified atom stereocenters. The van der Waals surface area contributed by atoms with Crippen molar-refractivity contribution in [2.75, 3.05) is 25.8 Å². The normalized spacial score (nSPS) is 11.0. The Morgan fingerprint density at radius 1 is 1.17 bits per heavy atom. The van der Waals surface area contributed by atoms with E-state index in [0.717, 1.165) is 6.26 Å². The summed E-state index contributed by atoms with van der Waals surface area (Å²) < 4.78 is 33.1. The maximum absolute atomic E-state index is 12.4. The molecule has 1 amide bonds. The van der Waals surface area contributed by atoms with Crippen LogP contribution in [0.25, 0.3) is 0 Å². The molecule has 0 atom stereocenters. The molecule has 2 aromatic rings. The van der Waals surface area contributed by atoms with Crippen LogP contribution in [0.4, 0.5) is 5.69 Å². The van der Waals surface area contributed by atoms with Gasteiger partial charge in [-0.15, -0.1) is 0 Å². The van der Waals surface area contributed by atoms with Crippen molar-refractivity contribution >= 4 is 33.0 Å². The number of pyridine rings is 1. The van der Waals surface area contributed by atoms with E-state index in [1.165, 1.54) is 32.4 Å². The van der Waals surface area contributed by atoms with Gasteiger partial charge in [0.25, 0.3) is 5.91 Å². The van der Waals surface area contributed by atoms with Crippen LogP contribution in [-0.4, -0.2) is 39.8 Å². The number of methoxy groups -OCH3 is 2. The Kier molecular flexibility index (Phi) is 5.30. The fourth-order valence-corrected chi connectivity index (χ4v) is 2.87. The molecular formula is C15H15ClN2O5S. The lowest BCUT2D eigenvalue weighted by Gasteiger charge is -2.11. The molecule has 0 saturated heterocycles. The van der Waals surface area contributed by atoms with Crippen LogP contribution in [0.3, 0.4) is 0 Å². The number of amides is 1. The lowest BCUT2D eigenvalue weighted by Crippen LogP contribution is -2.14. The molecule has 1 heterocycles. The van der Waals surface area contributed by atoms with E-state index in [0.29, 0.717) is 11.6 Å². The minimum Gasteiger partial charge on any atom is -0.481 e. The third kappa shape index (κ3) is 3.95. The molecule has 2 rings (SSSR count). The molecule has 1 aromatic heterocycles. The summed E-state index contributed by atoms with van der Waals surface area (Å²) in [5, 5.41) is 2.64. The number of nitrogens with zero attached hydrogens (tertiary/aromatic N) is 1. The summed E-state index contributed by atoms with van der Waals surface area (Å²) in [7, 11) is -0.536. The first kappa shape index (κ1) is 18.0. The quantitative estimate of drug-likeness (QED) is 0.868. The van der Waals surface area contributed by atoms with Crippen LogP contribution in [-0.2, 0) is 9.84 Å². The summed E-state index contributed by atoms with van der Waals surface area (Å²) in [6.07, 6.45) is 1.06. The van der Waals surface area contributed by atoms with E-state index >= 15 is 0 Å². The Bertz CT molecular complexity index is 883. The molecule has 128 valence electrons. The molecule has 0 aliphatic heterocycles. The zero-order valence-corrected chi connectivity index (χ0v) is 14.7. The van der Waals surface area contributed by atoms with Crippen LogP contribution >= 0.6 is 11.6 Å². The highest BCUT2D eigenvalue weighted by atomic mass is 35.5. The van der Waals surface area contributed by atoms with Crippen molar-refractivity contribution in [1.82, 2.24) is 4.98 Å². The zero-order valence-electron chi connectivity index (χ0n) is 13.2. The minimum absolute atomic E-state index is 0.0239. The number of ether oxygens (including phenoxy) is 2. The molecule has 0 aliphatic carbocycles. The van der Waals surface area contributed by atoms with E-state index in [1.807, 2.05) is 0 Å². The molecule has 0 fully saturated rings. The molecule has 24 heavy (non-hydrogen) atoms. The summed E-state index contributed by atoms with van der Waals surface area (Å²) in [5.41, 5.74) is 0.452. The maximum atomic E-state index is 12.4. The van der Waals surface area contributed by atoms with Crippen molar-refractivity contribution in [3.05, 3.63) is 40.9 Å². The van der Waals surface area contributed by atoms with E-state index in [-0.39, 0.29) is 21.4 Å². The fraction of sp³-hybridized carbons (Fsp3) is 0.200. The van der Waals surface area contributed by atoms with E-state index in [2.05, 4.69) is 10.3 Å². The van der Waals surface area contributed by atoms with Gasteiger partial charge in [0, 0.05) is 12.3 Å². The predicted molar refractivity (Wildman–Crippen MR) is 89.9 cm³/mol. The molecule has 0 radical (unpaired) electrons. The number of benzene rings is 1. The van der Waals surface area contributed by atoms with Gasteiger partial charge in [0.05, 0.1) is 29.7 Å². The Balaban J connectivity index is 2.31. The second-order valence-electron chi connectivity index (χ2n) is 4.78. The Morgan fingerprint density at radius 3 is 2.42 bits per heavy atom. The molecule has 0 spiro atoms.